The molecule has 2 rings (SSSR count). The first-order valence-electron chi connectivity index (χ1n) is 8.09. The molecule has 122 valence electrons. The van der Waals surface area contributed by atoms with Gasteiger partial charge in [-0.3, -0.25) is 0 Å². The second-order valence-electron chi connectivity index (χ2n) is 7.26. The van der Waals surface area contributed by atoms with E-state index in [9.17, 15) is 9.90 Å². The summed E-state index contributed by atoms with van der Waals surface area (Å²) >= 11 is 0. The van der Waals surface area contributed by atoms with Crippen LogP contribution in [0.3, 0.4) is 0 Å². The number of quaternary nitrogens is 1. The van der Waals surface area contributed by atoms with Gasteiger partial charge < -0.3 is 14.3 Å². The lowest BCUT2D eigenvalue weighted by molar-refractivity contribution is -0.870. The first kappa shape index (κ1) is 17.0. The van der Waals surface area contributed by atoms with Crippen LogP contribution in [0.1, 0.15) is 31.2 Å². The Morgan fingerprint density at radius 3 is 2.36 bits per heavy atom. The van der Waals surface area contributed by atoms with Gasteiger partial charge in [0.25, 0.3) is 0 Å². The molecule has 4 heteroatoms. The summed E-state index contributed by atoms with van der Waals surface area (Å²) in [4.78, 5) is 12.7. The van der Waals surface area contributed by atoms with Gasteiger partial charge in [0, 0.05) is 5.92 Å². The zero-order chi connectivity index (χ0) is 16.2. The molecule has 0 saturated heterocycles. The zero-order valence-electron chi connectivity index (χ0n) is 13.9. The Hall–Kier alpha value is -1.39. The number of rotatable bonds is 6. The van der Waals surface area contributed by atoms with Gasteiger partial charge in [-0.15, -0.1) is 0 Å². The topological polar surface area (TPSA) is 46.5 Å². The normalized spacial score (nSPS) is 18.9. The third-order valence-corrected chi connectivity index (χ3v) is 4.47. The Balaban J connectivity index is 2.16. The number of carbonyl (C=O) groups is 1. The van der Waals surface area contributed by atoms with Gasteiger partial charge in [0.15, 0.2) is 5.60 Å². The Morgan fingerprint density at radius 1 is 1.23 bits per heavy atom. The fourth-order valence-corrected chi connectivity index (χ4v) is 3.08. The molecule has 1 N–H and O–H groups in total. The number of aliphatic hydroxyl groups is 1. The standard InChI is InChI=1S/C18H28NO3/c1-19(2,3)13-14-22-17(20)18(21,16-11-7-8-12-16)15-9-5-4-6-10-15/h4-6,9-10,16,21H,7-8,11-14H2,1-3H3/q+1. The van der Waals surface area contributed by atoms with Crippen molar-refractivity contribution in [3.05, 3.63) is 35.9 Å². The predicted molar refractivity (Wildman–Crippen MR) is 86.2 cm³/mol. The summed E-state index contributed by atoms with van der Waals surface area (Å²) in [5.41, 5.74) is -0.861. The van der Waals surface area contributed by atoms with Gasteiger partial charge in [0.1, 0.15) is 13.2 Å². The van der Waals surface area contributed by atoms with Crippen LogP contribution in [0.2, 0.25) is 0 Å². The predicted octanol–water partition coefficient (Wildman–Crippen LogP) is 2.31. The lowest BCUT2D eigenvalue weighted by Gasteiger charge is -2.32. The zero-order valence-corrected chi connectivity index (χ0v) is 13.9. The summed E-state index contributed by atoms with van der Waals surface area (Å²) in [5, 5.41) is 11.2. The number of likely N-dealkylation sites (N-methyl/N-ethyl adjacent to an activating group) is 1. The van der Waals surface area contributed by atoms with Crippen molar-refractivity contribution in [2.24, 2.45) is 5.92 Å². The lowest BCUT2D eigenvalue weighted by Crippen LogP contribution is -2.45. The number of esters is 1. The van der Waals surface area contributed by atoms with Crippen LogP contribution in [0.25, 0.3) is 0 Å². The summed E-state index contributed by atoms with van der Waals surface area (Å²) in [6.45, 7) is 1.05. The minimum atomic E-state index is -1.51. The minimum Gasteiger partial charge on any atom is -0.457 e. The van der Waals surface area contributed by atoms with Gasteiger partial charge >= 0.3 is 5.97 Å². The van der Waals surface area contributed by atoms with E-state index in [-0.39, 0.29) is 5.92 Å². The number of hydrogen-bond acceptors (Lipinski definition) is 3. The molecule has 0 aliphatic heterocycles. The van der Waals surface area contributed by atoms with E-state index in [1.807, 2.05) is 51.5 Å². The van der Waals surface area contributed by atoms with E-state index in [1.165, 1.54) is 0 Å². The van der Waals surface area contributed by atoms with E-state index in [1.54, 1.807) is 0 Å². The lowest BCUT2D eigenvalue weighted by atomic mass is 9.80. The first-order valence-corrected chi connectivity index (χ1v) is 8.09. The number of benzene rings is 1. The number of carbonyl (C=O) groups excluding carboxylic acids is 1. The highest BCUT2D eigenvalue weighted by atomic mass is 16.5. The molecule has 1 unspecified atom stereocenters. The smallest absolute Gasteiger partial charge is 0.343 e. The molecule has 0 radical (unpaired) electrons. The minimum absolute atomic E-state index is 0.0495. The maximum absolute atomic E-state index is 12.7. The Kier molecular flexibility index (Phi) is 5.24. The highest BCUT2D eigenvalue weighted by molar-refractivity contribution is 5.81. The average molecular weight is 306 g/mol. The van der Waals surface area contributed by atoms with Crippen molar-refractivity contribution in [2.75, 3.05) is 34.3 Å². The summed E-state index contributed by atoms with van der Waals surface area (Å²) < 4.78 is 6.17. The second kappa shape index (κ2) is 6.80. The molecule has 1 aliphatic rings. The molecule has 0 aromatic heterocycles. The van der Waals surface area contributed by atoms with Crippen LogP contribution in [0.15, 0.2) is 30.3 Å². The summed E-state index contributed by atoms with van der Waals surface area (Å²) in [7, 11) is 6.15. The first-order chi connectivity index (χ1) is 10.3. The molecule has 0 amide bonds. The maximum atomic E-state index is 12.7. The van der Waals surface area contributed by atoms with E-state index in [0.29, 0.717) is 12.2 Å². The third-order valence-electron chi connectivity index (χ3n) is 4.47. The van der Waals surface area contributed by atoms with E-state index >= 15 is 0 Å². The van der Waals surface area contributed by atoms with Gasteiger partial charge in [0.2, 0.25) is 0 Å². The van der Waals surface area contributed by atoms with Crippen molar-refractivity contribution in [3.63, 3.8) is 0 Å². The van der Waals surface area contributed by atoms with Crippen LogP contribution < -0.4 is 0 Å². The van der Waals surface area contributed by atoms with Crippen molar-refractivity contribution in [1.29, 1.82) is 0 Å². The number of nitrogens with zero attached hydrogens (tertiary/aromatic N) is 1. The van der Waals surface area contributed by atoms with Crippen LogP contribution in [0.5, 0.6) is 0 Å². The Labute approximate surface area is 133 Å². The van der Waals surface area contributed by atoms with Crippen molar-refractivity contribution >= 4 is 5.97 Å². The molecule has 0 bridgehead atoms. The molecule has 1 aromatic carbocycles. The van der Waals surface area contributed by atoms with Gasteiger partial charge in [-0.05, 0) is 18.4 Å². The number of hydrogen-bond donors (Lipinski definition) is 1. The SMILES string of the molecule is C[N+](C)(C)CCOC(=O)C(O)(c1ccccc1)C1CCCC1. The van der Waals surface area contributed by atoms with Gasteiger partial charge in [-0.1, -0.05) is 43.2 Å². The molecular weight excluding hydrogens is 278 g/mol. The molecule has 0 spiro atoms. The molecule has 1 aliphatic carbocycles. The molecular formula is C18H28NO3+. The van der Waals surface area contributed by atoms with Crippen LogP contribution in [0.4, 0.5) is 0 Å². The Bertz CT molecular complexity index is 489. The molecule has 0 heterocycles. The molecule has 22 heavy (non-hydrogen) atoms. The van der Waals surface area contributed by atoms with Crippen molar-refractivity contribution in [2.45, 2.75) is 31.3 Å². The highest BCUT2D eigenvalue weighted by Crippen LogP contribution is 2.41. The molecule has 1 aromatic rings. The van der Waals surface area contributed by atoms with Crippen molar-refractivity contribution in [3.8, 4) is 0 Å². The van der Waals surface area contributed by atoms with Crippen LogP contribution in [-0.2, 0) is 15.1 Å². The maximum Gasteiger partial charge on any atom is 0.343 e. The quantitative estimate of drug-likeness (QED) is 0.648. The molecule has 1 saturated carbocycles. The van der Waals surface area contributed by atoms with Crippen molar-refractivity contribution < 1.29 is 19.1 Å². The van der Waals surface area contributed by atoms with Crippen molar-refractivity contribution in [1.82, 2.24) is 0 Å². The Morgan fingerprint density at radius 2 is 1.82 bits per heavy atom. The van der Waals surface area contributed by atoms with Gasteiger partial charge in [-0.25, -0.2) is 4.79 Å². The van der Waals surface area contributed by atoms with E-state index in [2.05, 4.69) is 0 Å². The van der Waals surface area contributed by atoms with Crippen LogP contribution in [0, 0.1) is 5.92 Å². The summed E-state index contributed by atoms with van der Waals surface area (Å²) in [6, 6.07) is 9.24. The average Bonchev–Trinajstić information content (AvgIpc) is 3.00. The van der Waals surface area contributed by atoms with Crippen LogP contribution >= 0.6 is 0 Å². The largest absolute Gasteiger partial charge is 0.457 e. The monoisotopic (exact) mass is 306 g/mol. The fourth-order valence-electron chi connectivity index (χ4n) is 3.08. The fraction of sp³-hybridized carbons (Fsp3) is 0.611. The van der Waals surface area contributed by atoms with Gasteiger partial charge in [-0.2, -0.15) is 0 Å². The molecule has 1 atom stereocenters. The van der Waals surface area contributed by atoms with E-state index < -0.39 is 11.6 Å². The molecule has 4 nitrogen and oxygen atoms in total. The summed E-state index contributed by atoms with van der Waals surface area (Å²) in [5.74, 6) is -0.550. The van der Waals surface area contributed by atoms with E-state index in [4.69, 9.17) is 4.74 Å². The van der Waals surface area contributed by atoms with E-state index in [0.717, 1.165) is 36.7 Å². The van der Waals surface area contributed by atoms with Crippen LogP contribution in [-0.4, -0.2) is 49.9 Å². The number of ether oxygens (including phenoxy) is 1. The summed E-state index contributed by atoms with van der Waals surface area (Å²) in [6.07, 6.45) is 3.86. The second-order valence-corrected chi connectivity index (χ2v) is 7.26. The highest BCUT2D eigenvalue weighted by Gasteiger charge is 2.47. The third kappa shape index (κ3) is 3.87. The molecule has 1 fully saturated rings. The van der Waals surface area contributed by atoms with Gasteiger partial charge in [0.05, 0.1) is 21.1 Å².